The molecule has 0 aliphatic rings. The van der Waals surface area contributed by atoms with Crippen molar-refractivity contribution in [1.29, 1.82) is 0 Å². The third kappa shape index (κ3) is 4.87. The van der Waals surface area contributed by atoms with Gasteiger partial charge in [-0.15, -0.1) is 11.3 Å². The van der Waals surface area contributed by atoms with Crippen LogP contribution < -0.4 is 10.6 Å². The van der Waals surface area contributed by atoms with Crippen LogP contribution in [0.2, 0.25) is 0 Å². The van der Waals surface area contributed by atoms with E-state index in [1.807, 2.05) is 19.9 Å². The van der Waals surface area contributed by atoms with Gasteiger partial charge in [-0.05, 0) is 28.1 Å². The Kier molecular flexibility index (Phi) is 5.64. The van der Waals surface area contributed by atoms with Gasteiger partial charge in [-0.2, -0.15) is 0 Å². The van der Waals surface area contributed by atoms with Gasteiger partial charge in [0.05, 0.1) is 8.66 Å². The van der Waals surface area contributed by atoms with E-state index in [1.165, 1.54) is 11.3 Å². The van der Waals surface area contributed by atoms with Gasteiger partial charge in [0, 0.05) is 19.0 Å². The second-order valence-corrected chi connectivity index (χ2v) is 6.27. The molecular formula is C11H15BrN2O2S. The molecule has 1 heterocycles. The van der Waals surface area contributed by atoms with E-state index in [0.29, 0.717) is 18.0 Å². The van der Waals surface area contributed by atoms with E-state index in [2.05, 4.69) is 26.6 Å². The summed E-state index contributed by atoms with van der Waals surface area (Å²) >= 11 is 4.68. The predicted molar refractivity (Wildman–Crippen MR) is 72.2 cm³/mol. The first-order chi connectivity index (χ1) is 8.00. The van der Waals surface area contributed by atoms with Gasteiger partial charge in [0.15, 0.2) is 0 Å². The molecule has 0 saturated heterocycles. The van der Waals surface area contributed by atoms with Gasteiger partial charge in [-0.25, -0.2) is 0 Å². The van der Waals surface area contributed by atoms with E-state index < -0.39 is 0 Å². The van der Waals surface area contributed by atoms with E-state index in [1.54, 1.807) is 6.07 Å². The van der Waals surface area contributed by atoms with Crippen LogP contribution in [-0.4, -0.2) is 24.9 Å². The maximum atomic E-state index is 11.6. The molecule has 0 atom stereocenters. The Morgan fingerprint density at radius 1 is 1.29 bits per heavy atom. The van der Waals surface area contributed by atoms with Gasteiger partial charge in [0.1, 0.15) is 0 Å². The summed E-state index contributed by atoms with van der Waals surface area (Å²) in [6.07, 6.45) is 0. The van der Waals surface area contributed by atoms with Gasteiger partial charge in [-0.3, -0.25) is 9.59 Å². The van der Waals surface area contributed by atoms with Crippen LogP contribution in [0.5, 0.6) is 0 Å². The second-order valence-electron chi connectivity index (χ2n) is 3.81. The molecule has 2 N–H and O–H groups in total. The highest BCUT2D eigenvalue weighted by molar-refractivity contribution is 9.11. The molecule has 0 bridgehead atoms. The van der Waals surface area contributed by atoms with E-state index >= 15 is 0 Å². The molecule has 0 aromatic carbocycles. The first-order valence-corrected chi connectivity index (χ1v) is 6.93. The van der Waals surface area contributed by atoms with Crippen LogP contribution >= 0.6 is 27.3 Å². The third-order valence-electron chi connectivity index (χ3n) is 2.03. The summed E-state index contributed by atoms with van der Waals surface area (Å²) in [6, 6.07) is 3.59. The van der Waals surface area contributed by atoms with E-state index in [-0.39, 0.29) is 17.7 Å². The van der Waals surface area contributed by atoms with Crippen molar-refractivity contribution in [3.05, 3.63) is 20.8 Å². The highest BCUT2D eigenvalue weighted by Gasteiger charge is 2.08. The number of carbonyl (C=O) groups excluding carboxylic acids is 2. The van der Waals surface area contributed by atoms with Crippen LogP contribution in [0.15, 0.2) is 15.9 Å². The van der Waals surface area contributed by atoms with Crippen LogP contribution in [0.1, 0.15) is 23.5 Å². The normalized spacial score (nSPS) is 10.4. The largest absolute Gasteiger partial charge is 0.354 e. The van der Waals surface area contributed by atoms with Crippen molar-refractivity contribution >= 4 is 39.1 Å². The lowest BCUT2D eigenvalue weighted by Crippen LogP contribution is -2.36. The fourth-order valence-electron chi connectivity index (χ4n) is 1.09. The van der Waals surface area contributed by atoms with Crippen molar-refractivity contribution in [2.75, 3.05) is 13.1 Å². The summed E-state index contributed by atoms with van der Waals surface area (Å²) in [5.41, 5.74) is 0. The number of amides is 2. The Labute approximate surface area is 113 Å². The molecule has 0 unspecified atom stereocenters. The number of hydrogen-bond donors (Lipinski definition) is 2. The summed E-state index contributed by atoms with van der Waals surface area (Å²) < 4.78 is 0.927. The SMILES string of the molecule is CC(C)C(=O)NCCNC(=O)c1ccc(Br)s1. The Balaban J connectivity index is 2.23. The van der Waals surface area contributed by atoms with Crippen molar-refractivity contribution in [2.45, 2.75) is 13.8 Å². The van der Waals surface area contributed by atoms with Crippen LogP contribution in [0.3, 0.4) is 0 Å². The summed E-state index contributed by atoms with van der Waals surface area (Å²) in [5, 5.41) is 5.48. The monoisotopic (exact) mass is 318 g/mol. The number of thiophene rings is 1. The molecule has 1 aromatic rings. The maximum Gasteiger partial charge on any atom is 0.261 e. The number of rotatable bonds is 5. The zero-order valence-corrected chi connectivity index (χ0v) is 12.2. The van der Waals surface area contributed by atoms with Gasteiger partial charge in [-0.1, -0.05) is 13.8 Å². The van der Waals surface area contributed by atoms with Crippen molar-refractivity contribution < 1.29 is 9.59 Å². The zero-order valence-electron chi connectivity index (χ0n) is 9.75. The Morgan fingerprint density at radius 2 is 1.94 bits per heavy atom. The fraction of sp³-hybridized carbons (Fsp3) is 0.455. The Hall–Kier alpha value is -0.880. The van der Waals surface area contributed by atoms with E-state index in [9.17, 15) is 9.59 Å². The van der Waals surface area contributed by atoms with E-state index in [4.69, 9.17) is 0 Å². The second kappa shape index (κ2) is 6.76. The molecular weight excluding hydrogens is 304 g/mol. The number of hydrogen-bond acceptors (Lipinski definition) is 3. The molecule has 6 heteroatoms. The van der Waals surface area contributed by atoms with Crippen molar-refractivity contribution in [3.63, 3.8) is 0 Å². The first-order valence-electron chi connectivity index (χ1n) is 5.32. The van der Waals surface area contributed by atoms with Crippen LogP contribution in [0.25, 0.3) is 0 Å². The van der Waals surface area contributed by atoms with Gasteiger partial charge in [0.25, 0.3) is 5.91 Å². The van der Waals surface area contributed by atoms with Crippen molar-refractivity contribution in [1.82, 2.24) is 10.6 Å². The molecule has 0 aliphatic heterocycles. The quantitative estimate of drug-likeness (QED) is 0.816. The minimum Gasteiger partial charge on any atom is -0.354 e. The lowest BCUT2D eigenvalue weighted by molar-refractivity contribution is -0.123. The van der Waals surface area contributed by atoms with Crippen LogP contribution in [0.4, 0.5) is 0 Å². The molecule has 17 heavy (non-hydrogen) atoms. The van der Waals surface area contributed by atoms with Crippen molar-refractivity contribution in [2.24, 2.45) is 5.92 Å². The lowest BCUT2D eigenvalue weighted by Gasteiger charge is -2.08. The highest BCUT2D eigenvalue weighted by Crippen LogP contribution is 2.21. The Bertz CT molecular complexity index is 404. The number of carbonyl (C=O) groups is 2. The molecule has 1 aromatic heterocycles. The number of nitrogens with one attached hydrogen (secondary N) is 2. The van der Waals surface area contributed by atoms with Gasteiger partial charge < -0.3 is 10.6 Å². The summed E-state index contributed by atoms with van der Waals surface area (Å²) in [4.78, 5) is 23.5. The predicted octanol–water partition coefficient (Wildman–Crippen LogP) is 2.01. The van der Waals surface area contributed by atoms with Gasteiger partial charge in [0.2, 0.25) is 5.91 Å². The first kappa shape index (κ1) is 14.2. The molecule has 0 aliphatic carbocycles. The van der Waals surface area contributed by atoms with Crippen LogP contribution in [0, 0.1) is 5.92 Å². The molecule has 2 amide bonds. The van der Waals surface area contributed by atoms with Crippen molar-refractivity contribution in [3.8, 4) is 0 Å². The van der Waals surface area contributed by atoms with Gasteiger partial charge >= 0.3 is 0 Å². The third-order valence-corrected chi connectivity index (χ3v) is 3.65. The standard InChI is InChI=1S/C11H15BrN2O2S/c1-7(2)10(15)13-5-6-14-11(16)8-3-4-9(12)17-8/h3-4,7H,5-6H2,1-2H3,(H,13,15)(H,14,16). The average molecular weight is 319 g/mol. The number of halogens is 1. The molecule has 4 nitrogen and oxygen atoms in total. The average Bonchev–Trinajstić information content (AvgIpc) is 2.70. The smallest absolute Gasteiger partial charge is 0.261 e. The molecule has 1 rings (SSSR count). The topological polar surface area (TPSA) is 58.2 Å². The van der Waals surface area contributed by atoms with Crippen LogP contribution in [-0.2, 0) is 4.79 Å². The molecule has 0 fully saturated rings. The summed E-state index contributed by atoms with van der Waals surface area (Å²) in [7, 11) is 0. The van der Waals surface area contributed by atoms with E-state index in [0.717, 1.165) is 3.79 Å². The molecule has 94 valence electrons. The molecule has 0 radical (unpaired) electrons. The fourth-order valence-corrected chi connectivity index (χ4v) is 2.39. The summed E-state index contributed by atoms with van der Waals surface area (Å²) in [5.74, 6) is -0.142. The Morgan fingerprint density at radius 3 is 2.47 bits per heavy atom. The minimum atomic E-state index is -0.112. The summed E-state index contributed by atoms with van der Waals surface area (Å²) in [6.45, 7) is 4.55. The molecule has 0 saturated carbocycles. The zero-order chi connectivity index (χ0) is 12.8. The maximum absolute atomic E-state index is 11.6. The minimum absolute atomic E-state index is 0.00174. The molecule has 0 spiro atoms. The lowest BCUT2D eigenvalue weighted by atomic mass is 10.2. The highest BCUT2D eigenvalue weighted by atomic mass is 79.9.